The molecule has 0 bridgehead atoms. The third-order valence-electron chi connectivity index (χ3n) is 6.01. The van der Waals surface area contributed by atoms with Crippen molar-refractivity contribution in [3.63, 3.8) is 0 Å². The molecular formula is C21H34N4O. The summed E-state index contributed by atoms with van der Waals surface area (Å²) in [5.41, 5.74) is 2.18. The zero-order chi connectivity index (χ0) is 19.5. The average Bonchev–Trinajstić information content (AvgIpc) is 2.61. The number of hydrogen-bond donors (Lipinski definition) is 2. The van der Waals surface area contributed by atoms with Crippen LogP contribution in [0.25, 0.3) is 0 Å². The summed E-state index contributed by atoms with van der Waals surface area (Å²) in [6, 6.07) is 7.95. The molecule has 1 heterocycles. The molecule has 0 radical (unpaired) electrons. The van der Waals surface area contributed by atoms with Crippen molar-refractivity contribution in [3.05, 3.63) is 35.4 Å². The predicted molar refractivity (Wildman–Crippen MR) is 108 cm³/mol. The normalized spacial score (nSPS) is 19.5. The molecule has 0 aromatic heterocycles. The monoisotopic (exact) mass is 358 g/mol. The van der Waals surface area contributed by atoms with Crippen LogP contribution in [-0.2, 0) is 6.54 Å². The Morgan fingerprint density at radius 3 is 2.31 bits per heavy atom. The second-order valence-electron chi connectivity index (χ2n) is 8.41. The number of aliphatic imine (C=N–C) groups is 1. The number of hydrogen-bond acceptors (Lipinski definition) is 2. The highest BCUT2D eigenvalue weighted by Gasteiger charge is 2.53. The van der Waals surface area contributed by atoms with Gasteiger partial charge in [-0.05, 0) is 44.9 Å². The Morgan fingerprint density at radius 2 is 1.85 bits per heavy atom. The SMILES string of the molecule is CCC(C)NC(=O)c1ccc(CNC(=NC)N2CC(C)(C)C2(C)C)cc1. The van der Waals surface area contributed by atoms with Gasteiger partial charge in [-0.1, -0.05) is 32.9 Å². The first kappa shape index (κ1) is 20.3. The number of amides is 1. The number of carbonyl (C=O) groups is 1. The molecule has 1 aromatic carbocycles. The van der Waals surface area contributed by atoms with Crippen LogP contribution in [0.4, 0.5) is 0 Å². The van der Waals surface area contributed by atoms with E-state index in [-0.39, 0.29) is 22.9 Å². The van der Waals surface area contributed by atoms with Gasteiger partial charge in [0.15, 0.2) is 5.96 Å². The molecule has 1 aliphatic heterocycles. The molecule has 1 aromatic rings. The van der Waals surface area contributed by atoms with E-state index in [1.807, 2.05) is 38.2 Å². The lowest BCUT2D eigenvalue weighted by Crippen LogP contribution is -2.72. The van der Waals surface area contributed by atoms with Crippen LogP contribution in [0.5, 0.6) is 0 Å². The Kier molecular flexibility index (Phi) is 5.99. The van der Waals surface area contributed by atoms with E-state index in [2.05, 4.69) is 55.1 Å². The lowest BCUT2D eigenvalue weighted by atomic mass is 9.65. The summed E-state index contributed by atoms with van der Waals surface area (Å²) in [5.74, 6) is 0.909. The van der Waals surface area contributed by atoms with Gasteiger partial charge in [0.1, 0.15) is 0 Å². The number of nitrogens with zero attached hydrogens (tertiary/aromatic N) is 2. The minimum Gasteiger partial charge on any atom is -0.352 e. The van der Waals surface area contributed by atoms with E-state index in [0.29, 0.717) is 12.1 Å². The second-order valence-corrected chi connectivity index (χ2v) is 8.41. The van der Waals surface area contributed by atoms with Crippen LogP contribution >= 0.6 is 0 Å². The van der Waals surface area contributed by atoms with Gasteiger partial charge in [-0.15, -0.1) is 0 Å². The van der Waals surface area contributed by atoms with Gasteiger partial charge >= 0.3 is 0 Å². The molecule has 1 saturated heterocycles. The maximum atomic E-state index is 12.2. The fourth-order valence-electron chi connectivity index (χ4n) is 3.06. The first-order chi connectivity index (χ1) is 12.1. The molecule has 26 heavy (non-hydrogen) atoms. The van der Waals surface area contributed by atoms with E-state index in [0.717, 1.165) is 24.5 Å². The van der Waals surface area contributed by atoms with Crippen molar-refractivity contribution >= 4 is 11.9 Å². The summed E-state index contributed by atoms with van der Waals surface area (Å²) in [6.45, 7) is 14.9. The first-order valence-electron chi connectivity index (χ1n) is 9.50. The van der Waals surface area contributed by atoms with Crippen molar-refractivity contribution in [3.8, 4) is 0 Å². The fraction of sp³-hybridized carbons (Fsp3) is 0.619. The summed E-state index contributed by atoms with van der Waals surface area (Å²) in [6.07, 6.45) is 0.927. The summed E-state index contributed by atoms with van der Waals surface area (Å²) >= 11 is 0. The molecule has 2 rings (SSSR count). The van der Waals surface area contributed by atoms with Crippen LogP contribution in [0.2, 0.25) is 0 Å². The van der Waals surface area contributed by atoms with Gasteiger partial charge in [-0.25, -0.2) is 0 Å². The van der Waals surface area contributed by atoms with E-state index in [9.17, 15) is 4.79 Å². The van der Waals surface area contributed by atoms with Gasteiger partial charge in [0, 0.05) is 42.7 Å². The Hall–Kier alpha value is -2.04. The van der Waals surface area contributed by atoms with Gasteiger partial charge in [0.25, 0.3) is 5.91 Å². The van der Waals surface area contributed by atoms with E-state index in [4.69, 9.17) is 0 Å². The van der Waals surface area contributed by atoms with E-state index in [1.165, 1.54) is 0 Å². The summed E-state index contributed by atoms with van der Waals surface area (Å²) in [4.78, 5) is 18.9. The molecule has 1 amide bonds. The van der Waals surface area contributed by atoms with Crippen molar-refractivity contribution in [2.75, 3.05) is 13.6 Å². The van der Waals surface area contributed by atoms with Gasteiger partial charge in [-0.2, -0.15) is 0 Å². The number of nitrogens with one attached hydrogen (secondary N) is 2. The molecule has 1 aliphatic rings. The predicted octanol–water partition coefficient (Wildman–Crippen LogP) is 3.41. The van der Waals surface area contributed by atoms with Gasteiger partial charge in [0.2, 0.25) is 0 Å². The first-order valence-corrected chi connectivity index (χ1v) is 9.50. The Labute approximate surface area is 158 Å². The number of rotatable bonds is 5. The maximum Gasteiger partial charge on any atom is 0.251 e. The lowest BCUT2D eigenvalue weighted by Gasteiger charge is -2.62. The summed E-state index contributed by atoms with van der Waals surface area (Å²) in [5, 5.41) is 6.44. The highest BCUT2D eigenvalue weighted by atomic mass is 16.1. The van der Waals surface area contributed by atoms with Gasteiger partial charge in [0.05, 0.1) is 0 Å². The molecule has 144 valence electrons. The largest absolute Gasteiger partial charge is 0.352 e. The van der Waals surface area contributed by atoms with Crippen LogP contribution < -0.4 is 10.6 Å². The highest BCUT2D eigenvalue weighted by molar-refractivity contribution is 5.94. The molecule has 0 aliphatic carbocycles. The smallest absolute Gasteiger partial charge is 0.251 e. The van der Waals surface area contributed by atoms with Crippen molar-refractivity contribution in [2.24, 2.45) is 10.4 Å². The molecule has 0 saturated carbocycles. The molecule has 1 unspecified atom stereocenters. The molecule has 1 fully saturated rings. The number of guanidine groups is 1. The van der Waals surface area contributed by atoms with Crippen molar-refractivity contribution < 1.29 is 4.79 Å². The van der Waals surface area contributed by atoms with Gasteiger partial charge < -0.3 is 15.5 Å². The number of likely N-dealkylation sites (tertiary alicyclic amines) is 1. The van der Waals surface area contributed by atoms with Crippen molar-refractivity contribution in [2.45, 2.75) is 66.1 Å². The maximum absolute atomic E-state index is 12.2. The quantitative estimate of drug-likeness (QED) is 0.626. The number of benzene rings is 1. The van der Waals surface area contributed by atoms with Crippen LogP contribution in [0.3, 0.4) is 0 Å². The van der Waals surface area contributed by atoms with Crippen LogP contribution in [0, 0.1) is 5.41 Å². The second kappa shape index (κ2) is 7.68. The molecule has 0 spiro atoms. The third-order valence-corrected chi connectivity index (χ3v) is 6.01. The average molecular weight is 359 g/mol. The highest BCUT2D eigenvalue weighted by Crippen LogP contribution is 2.46. The molecule has 2 N–H and O–H groups in total. The number of carbonyl (C=O) groups excluding carboxylic acids is 1. The van der Waals surface area contributed by atoms with Crippen LogP contribution in [0.1, 0.15) is 63.9 Å². The Morgan fingerprint density at radius 1 is 1.23 bits per heavy atom. The van der Waals surface area contributed by atoms with E-state index >= 15 is 0 Å². The zero-order valence-corrected chi connectivity index (χ0v) is 17.3. The Bertz CT molecular complexity index is 661. The standard InChI is InChI=1S/C21H34N4O/c1-8-15(2)24-18(26)17-11-9-16(10-12-17)13-23-19(22-7)25-14-20(3,4)21(25,5)6/h9-12,15H,8,13-14H2,1-7H3,(H,22,23)(H,24,26). The molecule has 1 atom stereocenters. The minimum atomic E-state index is -0.0146. The molecule has 5 heteroatoms. The third kappa shape index (κ3) is 4.02. The zero-order valence-electron chi connectivity index (χ0n) is 17.3. The van der Waals surface area contributed by atoms with Crippen molar-refractivity contribution in [1.29, 1.82) is 0 Å². The fourth-order valence-corrected chi connectivity index (χ4v) is 3.06. The topological polar surface area (TPSA) is 56.7 Å². The minimum absolute atomic E-state index is 0.0146. The molecule has 5 nitrogen and oxygen atoms in total. The summed E-state index contributed by atoms with van der Waals surface area (Å²) in [7, 11) is 1.83. The van der Waals surface area contributed by atoms with Crippen molar-refractivity contribution in [1.82, 2.24) is 15.5 Å². The lowest BCUT2D eigenvalue weighted by molar-refractivity contribution is -0.0667. The molecular weight excluding hydrogens is 324 g/mol. The van der Waals surface area contributed by atoms with E-state index < -0.39 is 0 Å². The van der Waals surface area contributed by atoms with Crippen LogP contribution in [0.15, 0.2) is 29.3 Å². The summed E-state index contributed by atoms with van der Waals surface area (Å²) < 4.78 is 0. The van der Waals surface area contributed by atoms with E-state index in [1.54, 1.807) is 0 Å². The Balaban J connectivity index is 1.94. The van der Waals surface area contributed by atoms with Crippen LogP contribution in [-0.4, -0.2) is 41.9 Å². The van der Waals surface area contributed by atoms with Gasteiger partial charge in [-0.3, -0.25) is 9.79 Å².